The van der Waals surface area contributed by atoms with Gasteiger partial charge in [-0.3, -0.25) is 0 Å². The van der Waals surface area contributed by atoms with E-state index in [2.05, 4.69) is 4.98 Å². The highest BCUT2D eigenvalue weighted by Gasteiger charge is 2.14. The second-order valence-corrected chi connectivity index (χ2v) is 4.27. The zero-order valence-corrected chi connectivity index (χ0v) is 10.3. The fraction of sp³-hybridized carbons (Fsp3) is 0.154. The zero-order valence-electron chi connectivity index (χ0n) is 9.57. The Balaban J connectivity index is 2.64. The Morgan fingerprint density at radius 2 is 2.12 bits per heavy atom. The van der Waals surface area contributed by atoms with Gasteiger partial charge in [0, 0.05) is 24.0 Å². The van der Waals surface area contributed by atoms with Crippen molar-refractivity contribution in [1.82, 2.24) is 9.55 Å². The highest BCUT2D eigenvalue weighted by molar-refractivity contribution is 6.35. The Bertz CT molecular complexity index is 718. The van der Waals surface area contributed by atoms with Crippen LogP contribution in [-0.2, 0) is 7.05 Å². The SMILES string of the molecule is COc1cccc2c1c1ccnc(Cl)c1n2C. The lowest BCUT2D eigenvalue weighted by Crippen LogP contribution is -1.88. The van der Waals surface area contributed by atoms with E-state index in [0.717, 1.165) is 27.6 Å². The summed E-state index contributed by atoms with van der Waals surface area (Å²) in [5.41, 5.74) is 2.03. The van der Waals surface area contributed by atoms with Gasteiger partial charge in [0.2, 0.25) is 0 Å². The Hall–Kier alpha value is -1.74. The molecule has 1 aromatic carbocycles. The number of hydrogen-bond acceptors (Lipinski definition) is 2. The van der Waals surface area contributed by atoms with Crippen LogP contribution in [0, 0.1) is 0 Å². The van der Waals surface area contributed by atoms with Crippen LogP contribution in [0.15, 0.2) is 30.5 Å². The average molecular weight is 247 g/mol. The van der Waals surface area contributed by atoms with E-state index >= 15 is 0 Å². The molecule has 86 valence electrons. The third kappa shape index (κ3) is 1.32. The van der Waals surface area contributed by atoms with Crippen LogP contribution in [0.3, 0.4) is 0 Å². The van der Waals surface area contributed by atoms with Crippen LogP contribution in [0.25, 0.3) is 21.8 Å². The molecule has 0 saturated carbocycles. The smallest absolute Gasteiger partial charge is 0.153 e. The summed E-state index contributed by atoms with van der Waals surface area (Å²) in [6.07, 6.45) is 1.72. The minimum atomic E-state index is 0.517. The first-order chi connectivity index (χ1) is 8.24. The van der Waals surface area contributed by atoms with Crippen molar-refractivity contribution in [3.05, 3.63) is 35.6 Å². The summed E-state index contributed by atoms with van der Waals surface area (Å²) >= 11 is 6.16. The minimum Gasteiger partial charge on any atom is -0.496 e. The number of aryl methyl sites for hydroxylation is 1. The second kappa shape index (κ2) is 3.64. The van der Waals surface area contributed by atoms with Crippen molar-refractivity contribution in [3.63, 3.8) is 0 Å². The van der Waals surface area contributed by atoms with Gasteiger partial charge in [-0.15, -0.1) is 0 Å². The summed E-state index contributed by atoms with van der Waals surface area (Å²) in [5, 5.41) is 2.67. The van der Waals surface area contributed by atoms with Gasteiger partial charge in [-0.05, 0) is 18.2 Å². The standard InChI is InChI=1S/C13H11ClN2O/c1-16-9-4-3-5-10(17-2)11(9)8-6-7-15-13(14)12(8)16/h3-7H,1-2H3. The maximum absolute atomic E-state index is 6.16. The van der Waals surface area contributed by atoms with Crippen molar-refractivity contribution in [2.24, 2.45) is 7.05 Å². The predicted molar refractivity (Wildman–Crippen MR) is 69.8 cm³/mol. The van der Waals surface area contributed by atoms with E-state index in [0.29, 0.717) is 5.15 Å². The molecule has 3 rings (SSSR count). The van der Waals surface area contributed by atoms with Crippen molar-refractivity contribution in [2.75, 3.05) is 7.11 Å². The van der Waals surface area contributed by atoms with Gasteiger partial charge in [0.25, 0.3) is 0 Å². The van der Waals surface area contributed by atoms with Crippen LogP contribution in [-0.4, -0.2) is 16.7 Å². The van der Waals surface area contributed by atoms with Crippen LogP contribution in [0.1, 0.15) is 0 Å². The van der Waals surface area contributed by atoms with Crippen LogP contribution in [0.5, 0.6) is 5.75 Å². The van der Waals surface area contributed by atoms with Crippen LogP contribution in [0.4, 0.5) is 0 Å². The van der Waals surface area contributed by atoms with Crippen molar-refractivity contribution < 1.29 is 4.74 Å². The fourth-order valence-corrected chi connectivity index (χ4v) is 2.59. The number of rotatable bonds is 1. The molecule has 0 aliphatic carbocycles. The average Bonchev–Trinajstić information content (AvgIpc) is 2.65. The van der Waals surface area contributed by atoms with E-state index in [1.165, 1.54) is 0 Å². The number of aromatic nitrogens is 2. The lowest BCUT2D eigenvalue weighted by atomic mass is 10.2. The Kier molecular flexibility index (Phi) is 2.23. The summed E-state index contributed by atoms with van der Waals surface area (Å²) in [4.78, 5) is 4.12. The first kappa shape index (κ1) is 10.4. The molecule has 0 amide bonds. The summed E-state index contributed by atoms with van der Waals surface area (Å²) in [5.74, 6) is 0.857. The fourth-order valence-electron chi connectivity index (χ4n) is 2.31. The summed E-state index contributed by atoms with van der Waals surface area (Å²) < 4.78 is 7.46. The van der Waals surface area contributed by atoms with Crippen molar-refractivity contribution in [3.8, 4) is 5.75 Å². The molecule has 0 aliphatic heterocycles. The number of ether oxygens (including phenoxy) is 1. The molecule has 0 radical (unpaired) electrons. The molecular weight excluding hydrogens is 236 g/mol. The Morgan fingerprint density at radius 3 is 2.88 bits per heavy atom. The highest BCUT2D eigenvalue weighted by atomic mass is 35.5. The number of fused-ring (bicyclic) bond motifs is 3. The quantitative estimate of drug-likeness (QED) is 0.616. The molecular formula is C13H11ClN2O. The molecule has 0 N–H and O–H groups in total. The number of methoxy groups -OCH3 is 1. The normalized spacial score (nSPS) is 11.2. The maximum Gasteiger partial charge on any atom is 0.153 e. The first-order valence-electron chi connectivity index (χ1n) is 5.29. The number of nitrogens with zero attached hydrogens (tertiary/aromatic N) is 2. The van der Waals surface area contributed by atoms with Gasteiger partial charge in [0.1, 0.15) is 5.75 Å². The van der Waals surface area contributed by atoms with E-state index in [1.54, 1.807) is 13.3 Å². The molecule has 2 aromatic heterocycles. The minimum absolute atomic E-state index is 0.517. The molecule has 2 heterocycles. The van der Waals surface area contributed by atoms with Gasteiger partial charge < -0.3 is 9.30 Å². The molecule has 17 heavy (non-hydrogen) atoms. The van der Waals surface area contributed by atoms with E-state index < -0.39 is 0 Å². The number of halogens is 1. The maximum atomic E-state index is 6.16. The van der Waals surface area contributed by atoms with Crippen molar-refractivity contribution in [1.29, 1.82) is 0 Å². The molecule has 0 fully saturated rings. The third-order valence-corrected chi connectivity index (χ3v) is 3.35. The summed E-state index contributed by atoms with van der Waals surface area (Å²) in [6, 6.07) is 7.94. The van der Waals surface area contributed by atoms with Crippen molar-refractivity contribution >= 4 is 33.4 Å². The topological polar surface area (TPSA) is 27.1 Å². The van der Waals surface area contributed by atoms with Gasteiger partial charge in [-0.2, -0.15) is 0 Å². The molecule has 3 aromatic rings. The second-order valence-electron chi connectivity index (χ2n) is 3.91. The van der Waals surface area contributed by atoms with Crippen LogP contribution in [0.2, 0.25) is 5.15 Å². The first-order valence-corrected chi connectivity index (χ1v) is 5.67. The predicted octanol–water partition coefficient (Wildman–Crippen LogP) is 3.39. The van der Waals surface area contributed by atoms with E-state index in [9.17, 15) is 0 Å². The highest BCUT2D eigenvalue weighted by Crippen LogP contribution is 2.36. The van der Waals surface area contributed by atoms with Crippen LogP contribution < -0.4 is 4.74 Å². The van der Waals surface area contributed by atoms with Gasteiger partial charge in [-0.1, -0.05) is 17.7 Å². The molecule has 0 bridgehead atoms. The Morgan fingerprint density at radius 1 is 1.29 bits per heavy atom. The third-order valence-electron chi connectivity index (χ3n) is 3.07. The van der Waals surface area contributed by atoms with Gasteiger partial charge in [0.15, 0.2) is 5.15 Å². The van der Waals surface area contributed by atoms with Gasteiger partial charge >= 0.3 is 0 Å². The van der Waals surface area contributed by atoms with E-state index in [1.807, 2.05) is 35.9 Å². The molecule has 0 unspecified atom stereocenters. The molecule has 0 aliphatic rings. The number of pyridine rings is 1. The lowest BCUT2D eigenvalue weighted by molar-refractivity contribution is 0.420. The van der Waals surface area contributed by atoms with Crippen molar-refractivity contribution in [2.45, 2.75) is 0 Å². The van der Waals surface area contributed by atoms with E-state index in [4.69, 9.17) is 16.3 Å². The van der Waals surface area contributed by atoms with Gasteiger partial charge in [0.05, 0.1) is 18.1 Å². The molecule has 0 atom stereocenters. The van der Waals surface area contributed by atoms with E-state index in [-0.39, 0.29) is 0 Å². The summed E-state index contributed by atoms with van der Waals surface area (Å²) in [6.45, 7) is 0. The molecule has 3 nitrogen and oxygen atoms in total. The lowest BCUT2D eigenvalue weighted by Gasteiger charge is -2.01. The monoisotopic (exact) mass is 246 g/mol. The zero-order chi connectivity index (χ0) is 12.0. The van der Waals surface area contributed by atoms with Crippen LogP contribution >= 0.6 is 11.6 Å². The largest absolute Gasteiger partial charge is 0.496 e. The molecule has 0 saturated heterocycles. The summed E-state index contributed by atoms with van der Waals surface area (Å²) in [7, 11) is 3.66. The van der Waals surface area contributed by atoms with Gasteiger partial charge in [-0.25, -0.2) is 4.98 Å². The number of hydrogen-bond donors (Lipinski definition) is 0. The Labute approximate surface area is 104 Å². The molecule has 4 heteroatoms. The molecule has 0 spiro atoms. The number of benzene rings is 1.